The third-order valence-corrected chi connectivity index (χ3v) is 7.16. The van der Waals surface area contributed by atoms with E-state index in [2.05, 4.69) is 41.4 Å². The number of hydrogen-bond donors (Lipinski definition) is 0. The summed E-state index contributed by atoms with van der Waals surface area (Å²) in [5.41, 5.74) is 3.39. The van der Waals surface area contributed by atoms with Gasteiger partial charge in [-0.05, 0) is 35.2 Å². The van der Waals surface area contributed by atoms with Gasteiger partial charge in [-0.3, -0.25) is 0 Å². The number of aryl methyl sites for hydroxylation is 1. The van der Waals surface area contributed by atoms with Crippen LogP contribution in [-0.4, -0.2) is 18.3 Å². The van der Waals surface area contributed by atoms with E-state index < -0.39 is 11.6 Å². The van der Waals surface area contributed by atoms with Crippen LogP contribution in [0.25, 0.3) is 0 Å². The topological polar surface area (TPSA) is 21.6 Å². The molecule has 1 aliphatic heterocycles. The first-order chi connectivity index (χ1) is 14.7. The molecule has 0 aliphatic carbocycles. The first-order valence-electron chi connectivity index (χ1n) is 9.73. The number of nitrogens with zero attached hydrogens (tertiary/aromatic N) is 1. The van der Waals surface area contributed by atoms with Crippen LogP contribution in [0.1, 0.15) is 28.3 Å². The lowest BCUT2D eigenvalue weighted by Crippen LogP contribution is -2.07. The fraction of sp³-hybridized carbons (Fsp3) is 0.208. The molecule has 0 saturated heterocycles. The quantitative estimate of drug-likeness (QED) is 0.290. The smallest absolute Gasteiger partial charge is 0.222 e. The summed E-state index contributed by atoms with van der Waals surface area (Å²) in [6.45, 7) is 0.284. The monoisotopic (exact) mass is 441 g/mol. The van der Waals surface area contributed by atoms with E-state index in [0.717, 1.165) is 23.5 Å². The highest BCUT2D eigenvalue weighted by atomic mass is 33.1. The largest absolute Gasteiger partial charge is 0.475 e. The molecule has 6 heteroatoms. The maximum atomic E-state index is 13.9. The zero-order valence-electron chi connectivity index (χ0n) is 16.3. The van der Waals surface area contributed by atoms with Crippen molar-refractivity contribution in [1.29, 1.82) is 0 Å². The molecule has 30 heavy (non-hydrogen) atoms. The van der Waals surface area contributed by atoms with Crippen LogP contribution in [0.2, 0.25) is 0 Å². The van der Waals surface area contributed by atoms with Gasteiger partial charge in [-0.1, -0.05) is 82.3 Å². The van der Waals surface area contributed by atoms with Gasteiger partial charge in [0.05, 0.1) is 0 Å². The molecule has 0 spiro atoms. The second-order valence-corrected chi connectivity index (χ2v) is 9.50. The van der Waals surface area contributed by atoms with E-state index in [1.807, 2.05) is 39.8 Å². The van der Waals surface area contributed by atoms with Gasteiger partial charge >= 0.3 is 0 Å². The summed E-state index contributed by atoms with van der Waals surface area (Å²) in [5, 5.41) is 0. The van der Waals surface area contributed by atoms with Gasteiger partial charge in [-0.15, -0.1) is 0 Å². The van der Waals surface area contributed by atoms with Crippen molar-refractivity contribution in [3.8, 4) is 0 Å². The first-order valence-corrected chi connectivity index (χ1v) is 12.2. The zero-order valence-corrected chi connectivity index (χ0v) is 17.9. The van der Waals surface area contributed by atoms with Gasteiger partial charge < -0.3 is 4.74 Å². The van der Waals surface area contributed by atoms with Crippen molar-refractivity contribution < 1.29 is 13.5 Å². The molecule has 1 heterocycles. The molecule has 1 unspecified atom stereocenters. The highest BCUT2D eigenvalue weighted by Gasteiger charge is 2.26. The number of ether oxygens (including phenoxy) is 1. The predicted octanol–water partition coefficient (Wildman–Crippen LogP) is 6.61. The Morgan fingerprint density at radius 2 is 1.57 bits per heavy atom. The Kier molecular flexibility index (Phi) is 7.07. The summed E-state index contributed by atoms with van der Waals surface area (Å²) in [7, 11) is 3.72. The third kappa shape index (κ3) is 5.24. The van der Waals surface area contributed by atoms with Gasteiger partial charge in [0.15, 0.2) is 0 Å². The summed E-state index contributed by atoms with van der Waals surface area (Å²) in [6, 6.07) is 22.2. The molecule has 0 radical (unpaired) electrons. The molecule has 154 valence electrons. The van der Waals surface area contributed by atoms with Gasteiger partial charge in [0, 0.05) is 11.5 Å². The molecule has 2 nitrogen and oxygen atoms in total. The molecule has 3 aromatic rings. The van der Waals surface area contributed by atoms with Crippen molar-refractivity contribution in [2.24, 2.45) is 4.99 Å². The maximum Gasteiger partial charge on any atom is 0.222 e. The lowest BCUT2D eigenvalue weighted by molar-refractivity contribution is 0.317. The summed E-state index contributed by atoms with van der Waals surface area (Å²) in [6.07, 6.45) is 1.07. The average molecular weight is 442 g/mol. The third-order valence-electron chi connectivity index (χ3n) is 4.82. The van der Waals surface area contributed by atoms with Crippen molar-refractivity contribution >= 4 is 27.5 Å². The Labute approximate surface area is 183 Å². The van der Waals surface area contributed by atoms with E-state index in [-0.39, 0.29) is 24.1 Å². The van der Waals surface area contributed by atoms with E-state index in [9.17, 15) is 8.78 Å². The van der Waals surface area contributed by atoms with E-state index in [0.29, 0.717) is 0 Å². The van der Waals surface area contributed by atoms with Gasteiger partial charge in [-0.2, -0.15) is 0 Å². The molecule has 0 saturated carbocycles. The SMILES string of the molecule is Fc1cccc(F)c1C1=NC(c2ccc(CSSCCc3ccccc3)cc2)CO1. The lowest BCUT2D eigenvalue weighted by atomic mass is 10.1. The van der Waals surface area contributed by atoms with Crippen LogP contribution in [0.15, 0.2) is 77.8 Å². The minimum Gasteiger partial charge on any atom is -0.475 e. The fourth-order valence-corrected chi connectivity index (χ4v) is 5.30. The molecule has 0 bridgehead atoms. The summed E-state index contributed by atoms with van der Waals surface area (Å²) >= 11 is 0. The Balaban J connectivity index is 1.29. The Morgan fingerprint density at radius 1 is 0.833 bits per heavy atom. The molecule has 0 amide bonds. The summed E-state index contributed by atoms with van der Waals surface area (Å²) in [5.74, 6) is 0.717. The van der Waals surface area contributed by atoms with Crippen LogP contribution in [0, 0.1) is 11.6 Å². The molecular formula is C24H21F2NOS2. The minimum absolute atomic E-state index is 0.0325. The molecule has 0 fully saturated rings. The van der Waals surface area contributed by atoms with E-state index in [1.54, 1.807) is 0 Å². The van der Waals surface area contributed by atoms with E-state index in [4.69, 9.17) is 4.74 Å². The zero-order chi connectivity index (χ0) is 20.8. The Bertz CT molecular complexity index is 989. The molecule has 1 atom stereocenters. The fourth-order valence-electron chi connectivity index (χ4n) is 3.19. The van der Waals surface area contributed by atoms with Crippen LogP contribution < -0.4 is 0 Å². The second-order valence-electron chi connectivity index (χ2n) is 6.92. The summed E-state index contributed by atoms with van der Waals surface area (Å²) in [4.78, 5) is 4.40. The van der Waals surface area contributed by atoms with Gasteiger partial charge in [0.25, 0.3) is 0 Å². The maximum absolute atomic E-state index is 13.9. The Morgan fingerprint density at radius 3 is 2.30 bits per heavy atom. The van der Waals surface area contributed by atoms with E-state index >= 15 is 0 Å². The number of benzene rings is 3. The average Bonchev–Trinajstić information content (AvgIpc) is 3.24. The lowest BCUT2D eigenvalue weighted by Gasteiger charge is -2.07. The number of hydrogen-bond acceptors (Lipinski definition) is 4. The molecule has 0 N–H and O–H groups in total. The van der Waals surface area contributed by atoms with Crippen LogP contribution >= 0.6 is 21.6 Å². The van der Waals surface area contributed by atoms with Gasteiger partial charge in [0.2, 0.25) is 5.90 Å². The highest BCUT2D eigenvalue weighted by Crippen LogP contribution is 2.30. The summed E-state index contributed by atoms with van der Waals surface area (Å²) < 4.78 is 33.4. The molecular weight excluding hydrogens is 420 g/mol. The van der Waals surface area contributed by atoms with Crippen molar-refractivity contribution in [3.63, 3.8) is 0 Å². The van der Waals surface area contributed by atoms with Crippen molar-refractivity contribution in [1.82, 2.24) is 0 Å². The second kappa shape index (κ2) is 10.1. The van der Waals surface area contributed by atoms with Crippen LogP contribution in [0.5, 0.6) is 0 Å². The van der Waals surface area contributed by atoms with Crippen molar-refractivity contribution in [2.75, 3.05) is 12.4 Å². The number of rotatable bonds is 8. The van der Waals surface area contributed by atoms with Crippen molar-refractivity contribution in [3.05, 3.63) is 107 Å². The van der Waals surface area contributed by atoms with Gasteiger partial charge in [0.1, 0.15) is 29.8 Å². The van der Waals surface area contributed by atoms with Crippen LogP contribution in [0.4, 0.5) is 8.78 Å². The minimum atomic E-state index is -0.661. The molecule has 4 rings (SSSR count). The predicted molar refractivity (Wildman–Crippen MR) is 122 cm³/mol. The number of halogens is 2. The highest BCUT2D eigenvalue weighted by molar-refractivity contribution is 8.76. The molecule has 1 aliphatic rings. The normalized spacial score (nSPS) is 15.7. The molecule has 0 aromatic heterocycles. The van der Waals surface area contributed by atoms with Crippen LogP contribution in [0.3, 0.4) is 0 Å². The molecule has 3 aromatic carbocycles. The Hall–Kier alpha value is -2.31. The first kappa shape index (κ1) is 20.9. The standard InChI is InChI=1S/C24H21F2NOS2/c25-20-7-4-8-21(26)23(20)24-27-22(15-28-24)19-11-9-18(10-12-19)16-30-29-14-13-17-5-2-1-3-6-17/h1-12,22H,13-16H2. The van der Waals surface area contributed by atoms with Crippen molar-refractivity contribution in [2.45, 2.75) is 18.2 Å². The van der Waals surface area contributed by atoms with Gasteiger partial charge in [-0.25, -0.2) is 13.8 Å². The van der Waals surface area contributed by atoms with E-state index in [1.165, 1.54) is 29.3 Å². The van der Waals surface area contributed by atoms with Crippen LogP contribution in [-0.2, 0) is 16.9 Å². The number of aliphatic imine (C=N–C) groups is 1.